The van der Waals surface area contributed by atoms with Gasteiger partial charge in [0.15, 0.2) is 35.5 Å². The maximum atomic E-state index is 14.6. The number of benzene rings is 4. The van der Waals surface area contributed by atoms with Gasteiger partial charge < -0.3 is 103 Å². The number of nitrogens with zero attached hydrogens (tertiary/aromatic N) is 7. The van der Waals surface area contributed by atoms with E-state index in [2.05, 4.69) is 23.5 Å². The van der Waals surface area contributed by atoms with Gasteiger partial charge in [-0.3, -0.25) is 19.2 Å². The molecule has 4 fully saturated rings. The van der Waals surface area contributed by atoms with Crippen molar-refractivity contribution >= 4 is 46.9 Å². The number of aryl methyl sites for hydroxylation is 2. The number of Topliss-reactive ketones (excluding diaryl/α,β-unsaturated/α-hetero) is 2. The second-order valence-corrected chi connectivity index (χ2v) is 26.3. The molecule has 4 amide bonds. The molecule has 32 nitrogen and oxygen atoms in total. The number of unbranched alkanes of at least 4 members (excludes halogenated alkanes) is 2. The number of hydrogen-bond acceptors (Lipinski definition) is 27. The summed E-state index contributed by atoms with van der Waals surface area (Å²) < 4.78 is 64.7. The molecule has 5 aromatic rings. The van der Waals surface area contributed by atoms with E-state index in [-0.39, 0.29) is 135 Å². The van der Waals surface area contributed by atoms with Gasteiger partial charge in [-0.25, -0.2) is 24.1 Å². The molecule has 4 saturated heterocycles. The normalized spacial score (nSPS) is 24.4. The number of aliphatic hydroxyl groups is 8. The first-order valence-corrected chi connectivity index (χ1v) is 34.2. The van der Waals surface area contributed by atoms with Crippen LogP contribution in [0.25, 0.3) is 0 Å². The lowest BCUT2D eigenvalue weighted by Gasteiger charge is -2.35. The number of hydrogen-bond donors (Lipinski definition) is 8. The topological polar surface area (TPSA) is 409 Å². The van der Waals surface area contributed by atoms with Crippen LogP contribution in [0.15, 0.2) is 91.2 Å². The van der Waals surface area contributed by atoms with Gasteiger partial charge in [0.25, 0.3) is 11.8 Å². The smallest absolute Gasteiger partial charge is 0.416 e. The summed E-state index contributed by atoms with van der Waals surface area (Å²) in [5.41, 5.74) is 3.05. The van der Waals surface area contributed by atoms with Crippen LogP contribution in [-0.4, -0.2) is 249 Å². The molecule has 11 rings (SSSR count). The molecule has 6 aliphatic rings. The molecular formula is C72H87N7O25. The molecule has 12 atom stereocenters. The molecule has 0 bridgehead atoms. The van der Waals surface area contributed by atoms with Crippen LogP contribution in [0.2, 0.25) is 0 Å². The number of aliphatic hydroxyl groups excluding tert-OH is 8. The van der Waals surface area contributed by atoms with Crippen LogP contribution >= 0.6 is 0 Å². The van der Waals surface area contributed by atoms with Crippen molar-refractivity contribution in [2.45, 2.75) is 158 Å². The number of ether oxygens (including phenoxy) is 11. The molecule has 0 radical (unpaired) electrons. The molecular weight excluding hydrogens is 1360 g/mol. The van der Waals surface area contributed by atoms with Crippen LogP contribution in [0.5, 0.6) is 28.7 Å². The van der Waals surface area contributed by atoms with Crippen molar-refractivity contribution in [3.05, 3.63) is 136 Å². The van der Waals surface area contributed by atoms with E-state index in [4.69, 9.17) is 52.1 Å². The molecule has 560 valence electrons. The molecule has 8 N–H and O–H groups in total. The van der Waals surface area contributed by atoms with E-state index in [1.54, 1.807) is 31.0 Å². The van der Waals surface area contributed by atoms with E-state index in [9.17, 15) is 69.6 Å². The summed E-state index contributed by atoms with van der Waals surface area (Å²) in [5.74, 6) is -1.31. The van der Waals surface area contributed by atoms with Crippen molar-refractivity contribution in [1.82, 2.24) is 24.8 Å². The third kappa shape index (κ3) is 16.8. The zero-order valence-electron chi connectivity index (χ0n) is 58.0. The number of rotatable bonds is 29. The van der Waals surface area contributed by atoms with Gasteiger partial charge in [0.05, 0.1) is 98.1 Å². The Labute approximate surface area is 597 Å². The van der Waals surface area contributed by atoms with Crippen LogP contribution in [0.1, 0.15) is 115 Å². The summed E-state index contributed by atoms with van der Waals surface area (Å²) in [6.45, 7) is 9.80. The van der Waals surface area contributed by atoms with Gasteiger partial charge in [0, 0.05) is 71.5 Å². The van der Waals surface area contributed by atoms with E-state index in [1.165, 1.54) is 78.6 Å². The molecule has 0 saturated carbocycles. The first kappa shape index (κ1) is 76.0. The first-order chi connectivity index (χ1) is 50.0. The third-order valence-electron chi connectivity index (χ3n) is 18.9. The van der Waals surface area contributed by atoms with Gasteiger partial charge in [-0.1, -0.05) is 41.7 Å². The van der Waals surface area contributed by atoms with Crippen LogP contribution in [0, 0.1) is 6.92 Å². The SMILES string of the molecule is C=C1C[C@H]2C(O)N(C(=O)OCc3ccc(O[C@@H]4OC[C@@H](O)[C@H](O)[C@H]4O)c(C(=O)CCc4cn(CCOC)nn4)c3)c3cc(OCCCCCOc4cc5c(cc4OC)C(=O)N4CC(=C)C[C@H]4C(O)N5C(=O)OCc4ccc(O[C@@H]5OC[C@@H](O)[C@H](O)[C@H]5O)c(C(=O)CCCOC)c4)c(C)cc3C(=O)N2C1. The predicted octanol–water partition coefficient (Wildman–Crippen LogP) is 3.42. The number of methoxy groups -OCH3 is 3. The van der Waals surface area contributed by atoms with Gasteiger partial charge in [0.2, 0.25) is 12.6 Å². The molecule has 1 aromatic heterocycles. The van der Waals surface area contributed by atoms with Crippen LogP contribution in [0.4, 0.5) is 21.0 Å². The summed E-state index contributed by atoms with van der Waals surface area (Å²) in [5, 5.41) is 94.6. The van der Waals surface area contributed by atoms with Gasteiger partial charge in [-0.05, 0) is 98.5 Å². The van der Waals surface area contributed by atoms with E-state index in [1.807, 2.05) is 0 Å². The second kappa shape index (κ2) is 33.7. The maximum Gasteiger partial charge on any atom is 0.416 e. The molecule has 0 aliphatic carbocycles. The molecule has 6 aliphatic heterocycles. The summed E-state index contributed by atoms with van der Waals surface area (Å²) in [7, 11) is 4.43. The van der Waals surface area contributed by atoms with Crippen molar-refractivity contribution < 1.29 is 122 Å². The van der Waals surface area contributed by atoms with Gasteiger partial charge in [-0.15, -0.1) is 5.10 Å². The minimum absolute atomic E-state index is 0.000808. The quantitative estimate of drug-likeness (QED) is 0.0193. The highest BCUT2D eigenvalue weighted by Gasteiger charge is 2.49. The highest BCUT2D eigenvalue weighted by Crippen LogP contribution is 2.44. The van der Waals surface area contributed by atoms with E-state index in [0.717, 1.165) is 9.80 Å². The Hall–Kier alpha value is -9.16. The standard InChI is InChI=1S/C72H87N7O25/c1-38-23-50-67(90)78(71(92)101-35-42-13-17-57(104-70-64(87)62(85)55(83)37-100-70)47(27-42)53(81)15-14-43-33-75(74-73-43)18-22-95-5)48-29-58(40(3)25-44(48)65(88)76(50)31-38)97-20-8-7-9-21-98-60-30-49-45(28-59(60)96-6)66(89)77-32-39(2)24-51(77)68(91)79(49)72(93)102-34-41-12-16-56(46(26-41)52(80)11-10-19-94-4)103-69-63(86)61(84)54(82)36-99-69/h12-13,16-17,25-30,33,50-51,54-55,61-64,67-70,82-87,90-91H,1-2,7-11,14-15,18-24,31-32,34-37H2,3-6H3/t50-,51-,54+,55+,61-,62-,63+,64+,67?,68?,69-,70-/m0/s1. The molecule has 4 aromatic carbocycles. The Morgan fingerprint density at radius 2 is 1.07 bits per heavy atom. The fraction of sp³-hybridized carbons (Fsp3) is 0.500. The Morgan fingerprint density at radius 3 is 1.59 bits per heavy atom. The van der Waals surface area contributed by atoms with Crippen molar-refractivity contribution in [2.75, 3.05) is 83.9 Å². The molecule has 2 unspecified atom stereocenters. The number of amides is 4. The van der Waals surface area contributed by atoms with E-state index < -0.39 is 123 Å². The van der Waals surface area contributed by atoms with Gasteiger partial charge in [-0.2, -0.15) is 0 Å². The van der Waals surface area contributed by atoms with Crippen molar-refractivity contribution in [2.24, 2.45) is 0 Å². The Morgan fingerprint density at radius 1 is 0.567 bits per heavy atom. The Bertz CT molecular complexity index is 4000. The van der Waals surface area contributed by atoms with Crippen molar-refractivity contribution in [3.63, 3.8) is 0 Å². The highest BCUT2D eigenvalue weighted by molar-refractivity contribution is 6.07. The maximum absolute atomic E-state index is 14.6. The van der Waals surface area contributed by atoms with Crippen LogP contribution in [-0.2, 0) is 54.6 Å². The number of anilines is 2. The fourth-order valence-electron chi connectivity index (χ4n) is 13.2. The third-order valence-corrected chi connectivity index (χ3v) is 18.9. The Balaban J connectivity index is 0.757. The average molecular weight is 1450 g/mol. The van der Waals surface area contributed by atoms with Crippen LogP contribution < -0.4 is 33.5 Å². The van der Waals surface area contributed by atoms with E-state index in [0.29, 0.717) is 78.1 Å². The zero-order chi connectivity index (χ0) is 74.2. The molecule has 7 heterocycles. The summed E-state index contributed by atoms with van der Waals surface area (Å²) in [4.78, 5) is 90.5. The van der Waals surface area contributed by atoms with E-state index >= 15 is 0 Å². The lowest BCUT2D eigenvalue weighted by atomic mass is 10.0. The van der Waals surface area contributed by atoms with Crippen molar-refractivity contribution in [3.8, 4) is 28.7 Å². The Kier molecular flexibility index (Phi) is 24.6. The van der Waals surface area contributed by atoms with Crippen molar-refractivity contribution in [1.29, 1.82) is 0 Å². The fourth-order valence-corrected chi connectivity index (χ4v) is 13.2. The highest BCUT2D eigenvalue weighted by atomic mass is 16.7. The number of carbonyl (C=O) groups excluding carboxylic acids is 6. The monoisotopic (exact) mass is 1450 g/mol. The molecule has 0 spiro atoms. The minimum Gasteiger partial charge on any atom is -0.493 e. The minimum atomic E-state index is -1.69. The number of ketones is 2. The molecule has 32 heteroatoms. The predicted molar refractivity (Wildman–Crippen MR) is 363 cm³/mol. The summed E-state index contributed by atoms with van der Waals surface area (Å²) in [6.07, 6.45) is -13.7. The second-order valence-electron chi connectivity index (χ2n) is 26.3. The van der Waals surface area contributed by atoms with Crippen LogP contribution in [0.3, 0.4) is 0 Å². The largest absolute Gasteiger partial charge is 0.493 e. The zero-order valence-corrected chi connectivity index (χ0v) is 58.0. The number of aromatic nitrogens is 3. The number of fused-ring (bicyclic) bond motifs is 4. The van der Waals surface area contributed by atoms with Gasteiger partial charge in [0.1, 0.15) is 67.1 Å². The summed E-state index contributed by atoms with van der Waals surface area (Å²) in [6, 6.07) is 12.8. The average Bonchev–Trinajstić information content (AvgIpc) is 1.60. The molecule has 104 heavy (non-hydrogen) atoms. The lowest BCUT2D eigenvalue weighted by Crippen LogP contribution is -2.54. The lowest BCUT2D eigenvalue weighted by molar-refractivity contribution is -0.242. The number of carbonyl (C=O) groups is 6. The first-order valence-electron chi connectivity index (χ1n) is 34.2. The summed E-state index contributed by atoms with van der Waals surface area (Å²) >= 11 is 0. The van der Waals surface area contributed by atoms with Gasteiger partial charge >= 0.3 is 12.2 Å².